The lowest BCUT2D eigenvalue weighted by Crippen LogP contribution is -2.34. The van der Waals surface area contributed by atoms with E-state index >= 15 is 0 Å². The molecule has 1 aromatic rings. The molecule has 4 nitrogen and oxygen atoms in total. The van der Waals surface area contributed by atoms with Crippen molar-refractivity contribution in [3.8, 4) is 11.5 Å². The van der Waals surface area contributed by atoms with Crippen LogP contribution in [0.5, 0.6) is 11.5 Å². The lowest BCUT2D eigenvalue weighted by Gasteiger charge is -2.29. The number of ether oxygens (including phenoxy) is 2. The summed E-state index contributed by atoms with van der Waals surface area (Å²) in [6.07, 6.45) is 2.22. The lowest BCUT2D eigenvalue weighted by atomic mass is 9.86. The molecule has 1 heterocycles. The Morgan fingerprint density at radius 3 is 2.37 bits per heavy atom. The number of piperidine rings is 1. The molecule has 1 aromatic carbocycles. The van der Waals surface area contributed by atoms with Gasteiger partial charge in [-0.15, -0.1) is 0 Å². The summed E-state index contributed by atoms with van der Waals surface area (Å²) < 4.78 is 10.9. The van der Waals surface area contributed by atoms with Crippen molar-refractivity contribution in [1.82, 2.24) is 5.32 Å². The summed E-state index contributed by atoms with van der Waals surface area (Å²) in [4.78, 5) is 0. The fourth-order valence-electron chi connectivity index (χ4n) is 2.79. The largest absolute Gasteiger partial charge is 0.496 e. The van der Waals surface area contributed by atoms with Crippen LogP contribution in [0.1, 0.15) is 30.0 Å². The molecule has 0 radical (unpaired) electrons. The third kappa shape index (κ3) is 3.01. The predicted octanol–water partition coefficient (Wildman–Crippen LogP) is 2.01. The van der Waals surface area contributed by atoms with Crippen LogP contribution in [0.4, 0.5) is 0 Å². The molecule has 1 fully saturated rings. The maximum absolute atomic E-state index is 6.46. The van der Waals surface area contributed by atoms with Crippen LogP contribution < -0.4 is 20.5 Å². The SMILES string of the molecule is COc1cc(C(N)C2CCNCC2)c(OC)cc1C. The summed E-state index contributed by atoms with van der Waals surface area (Å²) in [5.74, 6) is 2.24. The predicted molar refractivity (Wildman–Crippen MR) is 76.8 cm³/mol. The minimum absolute atomic E-state index is 0.00606. The van der Waals surface area contributed by atoms with E-state index in [4.69, 9.17) is 15.2 Å². The van der Waals surface area contributed by atoms with Gasteiger partial charge < -0.3 is 20.5 Å². The van der Waals surface area contributed by atoms with Crippen LogP contribution in [0, 0.1) is 12.8 Å². The summed E-state index contributed by atoms with van der Waals surface area (Å²) in [6, 6.07) is 4.04. The molecule has 0 saturated carbocycles. The van der Waals surface area contributed by atoms with Crippen molar-refractivity contribution in [2.45, 2.75) is 25.8 Å². The van der Waals surface area contributed by atoms with Crippen LogP contribution in [0.3, 0.4) is 0 Å². The summed E-state index contributed by atoms with van der Waals surface area (Å²) in [6.45, 7) is 4.11. The Labute approximate surface area is 115 Å². The molecule has 4 heteroatoms. The van der Waals surface area contributed by atoms with Gasteiger partial charge in [-0.2, -0.15) is 0 Å². The van der Waals surface area contributed by atoms with Gasteiger partial charge in [0.1, 0.15) is 11.5 Å². The van der Waals surface area contributed by atoms with E-state index in [1.54, 1.807) is 14.2 Å². The van der Waals surface area contributed by atoms with Gasteiger partial charge in [0.05, 0.1) is 14.2 Å². The normalized spacial score (nSPS) is 18.1. The van der Waals surface area contributed by atoms with Crippen LogP contribution in [-0.4, -0.2) is 27.3 Å². The van der Waals surface area contributed by atoms with Crippen LogP contribution in [0.2, 0.25) is 0 Å². The third-order valence-corrected chi connectivity index (χ3v) is 4.00. The molecule has 0 bridgehead atoms. The number of methoxy groups -OCH3 is 2. The van der Waals surface area contributed by atoms with Gasteiger partial charge in [-0.25, -0.2) is 0 Å². The summed E-state index contributed by atoms with van der Waals surface area (Å²) in [7, 11) is 3.38. The van der Waals surface area contributed by atoms with E-state index in [0.29, 0.717) is 5.92 Å². The highest BCUT2D eigenvalue weighted by molar-refractivity contribution is 5.47. The van der Waals surface area contributed by atoms with E-state index in [9.17, 15) is 0 Å². The molecule has 1 unspecified atom stereocenters. The zero-order valence-electron chi connectivity index (χ0n) is 12.0. The molecule has 0 aliphatic carbocycles. The van der Waals surface area contributed by atoms with Crippen LogP contribution >= 0.6 is 0 Å². The second-order valence-corrected chi connectivity index (χ2v) is 5.18. The first-order valence-corrected chi connectivity index (χ1v) is 6.86. The average molecular weight is 264 g/mol. The van der Waals surface area contributed by atoms with Gasteiger partial charge in [0.2, 0.25) is 0 Å². The molecule has 1 saturated heterocycles. The molecular formula is C15H24N2O2. The van der Waals surface area contributed by atoms with Crippen molar-refractivity contribution in [2.24, 2.45) is 11.7 Å². The Bertz CT molecular complexity index is 428. The van der Waals surface area contributed by atoms with Crippen LogP contribution in [-0.2, 0) is 0 Å². The van der Waals surface area contributed by atoms with Crippen molar-refractivity contribution >= 4 is 0 Å². The number of benzene rings is 1. The minimum atomic E-state index is 0.00606. The zero-order chi connectivity index (χ0) is 13.8. The van der Waals surface area contributed by atoms with Gasteiger partial charge in [0.15, 0.2) is 0 Å². The maximum atomic E-state index is 6.46. The number of nitrogens with one attached hydrogen (secondary N) is 1. The van der Waals surface area contributed by atoms with Crippen molar-refractivity contribution < 1.29 is 9.47 Å². The smallest absolute Gasteiger partial charge is 0.124 e. The highest BCUT2D eigenvalue weighted by Gasteiger charge is 2.25. The van der Waals surface area contributed by atoms with Crippen molar-refractivity contribution in [2.75, 3.05) is 27.3 Å². The van der Waals surface area contributed by atoms with E-state index < -0.39 is 0 Å². The fourth-order valence-corrected chi connectivity index (χ4v) is 2.79. The Balaban J connectivity index is 2.30. The van der Waals surface area contributed by atoms with E-state index in [2.05, 4.69) is 5.32 Å². The molecular weight excluding hydrogens is 240 g/mol. The molecule has 1 aliphatic rings. The molecule has 19 heavy (non-hydrogen) atoms. The average Bonchev–Trinajstić information content (AvgIpc) is 2.47. The second kappa shape index (κ2) is 6.26. The highest BCUT2D eigenvalue weighted by Crippen LogP contribution is 2.36. The topological polar surface area (TPSA) is 56.5 Å². The highest BCUT2D eigenvalue weighted by atomic mass is 16.5. The Kier molecular flexibility index (Phi) is 4.66. The first-order valence-electron chi connectivity index (χ1n) is 6.86. The summed E-state index contributed by atoms with van der Waals surface area (Å²) in [5, 5.41) is 3.37. The molecule has 106 valence electrons. The quantitative estimate of drug-likeness (QED) is 0.873. The standard InChI is InChI=1S/C15H24N2O2/c1-10-8-14(19-3)12(9-13(10)18-2)15(16)11-4-6-17-7-5-11/h8-9,11,15,17H,4-7,16H2,1-3H3. The minimum Gasteiger partial charge on any atom is -0.496 e. The molecule has 1 atom stereocenters. The fraction of sp³-hybridized carbons (Fsp3) is 0.600. The summed E-state index contributed by atoms with van der Waals surface area (Å²) in [5.41, 5.74) is 8.58. The number of hydrogen-bond acceptors (Lipinski definition) is 4. The monoisotopic (exact) mass is 264 g/mol. The van der Waals surface area contributed by atoms with Crippen molar-refractivity contribution in [3.63, 3.8) is 0 Å². The van der Waals surface area contributed by atoms with Gasteiger partial charge in [0, 0.05) is 11.6 Å². The number of hydrogen-bond donors (Lipinski definition) is 2. The summed E-state index contributed by atoms with van der Waals surface area (Å²) >= 11 is 0. The first kappa shape index (κ1) is 14.2. The molecule has 0 aromatic heterocycles. The number of aryl methyl sites for hydroxylation is 1. The number of rotatable bonds is 4. The van der Waals surface area contributed by atoms with Crippen molar-refractivity contribution in [1.29, 1.82) is 0 Å². The van der Waals surface area contributed by atoms with E-state index in [0.717, 1.165) is 48.6 Å². The Morgan fingerprint density at radius 2 is 1.79 bits per heavy atom. The first-order chi connectivity index (χ1) is 9.17. The van der Waals surface area contributed by atoms with Gasteiger partial charge in [0.25, 0.3) is 0 Å². The van der Waals surface area contributed by atoms with Gasteiger partial charge >= 0.3 is 0 Å². The van der Waals surface area contributed by atoms with Crippen LogP contribution in [0.25, 0.3) is 0 Å². The molecule has 0 amide bonds. The molecule has 3 N–H and O–H groups in total. The van der Waals surface area contributed by atoms with E-state index in [-0.39, 0.29) is 6.04 Å². The van der Waals surface area contributed by atoms with Crippen LogP contribution in [0.15, 0.2) is 12.1 Å². The molecule has 1 aliphatic heterocycles. The maximum Gasteiger partial charge on any atom is 0.124 e. The van der Waals surface area contributed by atoms with Gasteiger partial charge in [-0.3, -0.25) is 0 Å². The van der Waals surface area contributed by atoms with E-state index in [1.165, 1.54) is 0 Å². The Morgan fingerprint density at radius 1 is 1.16 bits per heavy atom. The molecule has 2 rings (SSSR count). The Hall–Kier alpha value is -1.26. The number of nitrogens with two attached hydrogens (primary N) is 1. The third-order valence-electron chi connectivity index (χ3n) is 4.00. The second-order valence-electron chi connectivity index (χ2n) is 5.18. The van der Waals surface area contributed by atoms with Gasteiger partial charge in [-0.05, 0) is 56.5 Å². The lowest BCUT2D eigenvalue weighted by molar-refractivity contribution is 0.312. The van der Waals surface area contributed by atoms with E-state index in [1.807, 2.05) is 19.1 Å². The zero-order valence-corrected chi connectivity index (χ0v) is 12.0. The van der Waals surface area contributed by atoms with Gasteiger partial charge in [-0.1, -0.05) is 0 Å². The molecule has 0 spiro atoms. The van der Waals surface area contributed by atoms with Crippen molar-refractivity contribution in [3.05, 3.63) is 23.3 Å².